The molecule has 0 bridgehead atoms. The molecule has 5 heterocycles. The van der Waals surface area contributed by atoms with E-state index in [0.29, 0.717) is 55.3 Å². The van der Waals surface area contributed by atoms with Crippen molar-refractivity contribution in [3.63, 3.8) is 0 Å². The van der Waals surface area contributed by atoms with Gasteiger partial charge in [0.2, 0.25) is 88.6 Å². The number of amides is 15. The Morgan fingerprint density at radius 1 is 0.492 bits per heavy atom. The molecule has 3 aromatic heterocycles. The van der Waals surface area contributed by atoms with Crippen molar-refractivity contribution in [3.8, 4) is 5.75 Å². The number of phenolic OH excluding ortho intramolecular Hbond substituents is 1. The largest absolute Gasteiger partial charge is 0.508 e. The van der Waals surface area contributed by atoms with Crippen LogP contribution in [0.2, 0.25) is 0 Å². The van der Waals surface area contributed by atoms with Crippen LogP contribution in [-0.4, -0.2) is 222 Å². The number of nitrogens with zero attached hydrogens (tertiary/aromatic N) is 3. The zero-order chi connectivity index (χ0) is 87.3. The summed E-state index contributed by atoms with van der Waals surface area (Å²) in [5.74, 6) is -12.5. The van der Waals surface area contributed by atoms with E-state index in [1.165, 1.54) is 28.3 Å². The number of benzene rings is 3. The molecule has 15 amide bonds. The second kappa shape index (κ2) is 45.6. The van der Waals surface area contributed by atoms with Crippen molar-refractivity contribution in [1.29, 1.82) is 0 Å². The SMILES string of the molecule is CCCC[C@H](NC(=O)[C@@H]1CCCN1C(=O)[C@H](CCC(N)=O)NC(=O)CNC(=O)[C@@H]1CCCN1C(=O)[C@H](CCCCN)NC(=O)[C@H](CC(C)C)NC(=O)[C@H](CCC(N)=O)NC(=O)[C@H](CC(C)C)NC(=O)[C@H](Cc1c[nH]c2ccccc12)NC(=O)[C@H](Cc1c[nH]cn1)NC(=O)[C@@H](N)Cc1c[nH]c2ccccc12)C(=O)N[C@@H](Cc1ccc(O)cc1)C(N)=O. The van der Waals surface area contributed by atoms with E-state index in [1.54, 1.807) is 64.5 Å². The van der Waals surface area contributed by atoms with Gasteiger partial charge in [0.25, 0.3) is 0 Å². The van der Waals surface area contributed by atoms with Crippen LogP contribution in [0.1, 0.15) is 160 Å². The number of likely N-dealkylation sites (tertiary alicyclic amines) is 2. The van der Waals surface area contributed by atoms with E-state index < -0.39 is 174 Å². The topological polar surface area (TPSA) is 593 Å². The fourth-order valence-electron chi connectivity index (χ4n) is 14.9. The lowest BCUT2D eigenvalue weighted by Gasteiger charge is -2.31. The molecule has 0 unspecified atom stereocenters. The number of imidazole rings is 1. The highest BCUT2D eigenvalue weighted by Gasteiger charge is 2.43. The number of aromatic hydroxyl groups is 1. The third kappa shape index (κ3) is 27.7. The Labute approximate surface area is 695 Å². The van der Waals surface area contributed by atoms with E-state index in [9.17, 15) is 72.2 Å². The van der Waals surface area contributed by atoms with E-state index in [1.807, 2.05) is 49.4 Å². The van der Waals surface area contributed by atoms with Crippen LogP contribution in [-0.2, 0) is 97.6 Å². The van der Waals surface area contributed by atoms with Gasteiger partial charge in [0.15, 0.2) is 0 Å². The summed E-state index contributed by atoms with van der Waals surface area (Å²) >= 11 is 0. The quantitative estimate of drug-likeness (QED) is 0.0215. The van der Waals surface area contributed by atoms with Crippen LogP contribution in [0.4, 0.5) is 0 Å². The fraction of sp³-hybridized carbons (Fsp3) is 0.518. The predicted molar refractivity (Wildman–Crippen MR) is 443 cm³/mol. The van der Waals surface area contributed by atoms with Gasteiger partial charge in [-0.1, -0.05) is 96.0 Å². The summed E-state index contributed by atoms with van der Waals surface area (Å²) in [4.78, 5) is 227. The fourth-order valence-corrected chi connectivity index (χ4v) is 14.9. The molecular weight excluding hydrogens is 1550 g/mol. The lowest BCUT2D eigenvalue weighted by molar-refractivity contribution is -0.143. The molecule has 8 rings (SSSR count). The Morgan fingerprint density at radius 3 is 1.48 bits per heavy atom. The molecule has 2 aliphatic rings. The third-order valence-electron chi connectivity index (χ3n) is 21.3. The lowest BCUT2D eigenvalue weighted by Crippen LogP contribution is -2.61. The molecule has 2 saturated heterocycles. The standard InChI is InChI=1S/C83H117N21O16/c1-6-7-18-58(74(111)98-62(72(88)109)37-48-24-26-52(105)27-25-48)96-81(118)68-23-15-34-104(68)83(120)61(29-31-70(87)107)94-71(108)44-92-80(117)67-22-14-33-103(67)82(119)60(21-12-13-32-84)97-77(114)64(36-47(4)5)100-75(112)59(28-30-69(86)106)95-76(113)63(35-46(2)3)101-78(115)65(39-50-42-91-57-20-11-9-17-54(50)57)102-79(116)66(40-51-43-89-45-93-51)99-73(110)55(85)38-49-41-90-56-19-10-8-16-53(49)56/h8-11,16-17,19-20,24-27,41-43,45-47,55,58-68,90-91,105H,6-7,12-15,18,21-23,28-40,44,84-85H2,1-5H3,(H2,86,106)(H2,87,107)(H2,88,109)(H,89,93)(H,92,117)(H,94,108)(H,95,113)(H,96,118)(H,97,114)(H,98,111)(H,99,110)(H,100,112)(H,101,115)(H,102,116)/t55-,58-,59-,60-,61-,62-,63-,64-,65-,66-,67-,68-/m0/s1. The molecule has 12 atom stereocenters. The number of carbonyl (C=O) groups is 15. The predicted octanol–water partition coefficient (Wildman–Crippen LogP) is -0.435. The number of para-hydroxylation sites is 2. The minimum absolute atomic E-state index is 0.00926. The van der Waals surface area contributed by atoms with Crippen molar-refractivity contribution in [2.45, 2.75) is 236 Å². The molecule has 2 fully saturated rings. The van der Waals surface area contributed by atoms with Gasteiger partial charge >= 0.3 is 0 Å². The second-order valence-corrected chi connectivity index (χ2v) is 31.7. The molecule has 37 heteroatoms. The van der Waals surface area contributed by atoms with Gasteiger partial charge in [0.05, 0.1) is 24.6 Å². The number of H-pyrrole nitrogens is 3. The first-order valence-corrected chi connectivity index (χ1v) is 41.1. The van der Waals surface area contributed by atoms with Crippen molar-refractivity contribution in [2.75, 3.05) is 26.2 Å². The average molecular weight is 1660 g/mol. The Hall–Kier alpha value is -12.3. The number of aromatic nitrogens is 4. The van der Waals surface area contributed by atoms with Gasteiger partial charge in [-0.25, -0.2) is 4.98 Å². The third-order valence-corrected chi connectivity index (χ3v) is 21.3. The second-order valence-electron chi connectivity index (χ2n) is 31.7. The van der Waals surface area contributed by atoms with Crippen LogP contribution in [0, 0.1) is 11.8 Å². The summed E-state index contributed by atoms with van der Waals surface area (Å²) in [5, 5.41) is 38.4. The number of hydrogen-bond donors (Lipinski definition) is 19. The van der Waals surface area contributed by atoms with Gasteiger partial charge < -0.3 is 112 Å². The Kier molecular flexibility index (Phi) is 35.4. The number of primary amides is 3. The average Bonchev–Trinajstić information content (AvgIpc) is 1.67. The highest BCUT2D eigenvalue weighted by molar-refractivity contribution is 6.01. The highest BCUT2D eigenvalue weighted by atomic mass is 16.3. The number of rotatable bonds is 48. The molecule has 6 aromatic rings. The summed E-state index contributed by atoms with van der Waals surface area (Å²) in [6, 6.07) is 5.05. The molecule has 0 spiro atoms. The van der Waals surface area contributed by atoms with Crippen LogP contribution in [0.25, 0.3) is 21.8 Å². The van der Waals surface area contributed by atoms with E-state index in [4.69, 9.17) is 28.7 Å². The van der Waals surface area contributed by atoms with E-state index in [2.05, 4.69) is 73.1 Å². The molecule has 0 aliphatic carbocycles. The van der Waals surface area contributed by atoms with Crippen molar-refractivity contribution in [1.82, 2.24) is 82.9 Å². The molecule has 2 aliphatic heterocycles. The molecular formula is C83H117N21O16. The number of aromatic amines is 3. The minimum Gasteiger partial charge on any atom is -0.508 e. The van der Waals surface area contributed by atoms with Crippen LogP contribution in [0.5, 0.6) is 5.75 Å². The number of hydrogen-bond acceptors (Lipinski definition) is 19. The highest BCUT2D eigenvalue weighted by Crippen LogP contribution is 2.26. The first-order chi connectivity index (χ1) is 57.3. The van der Waals surface area contributed by atoms with Gasteiger partial charge in [-0.05, 0) is 143 Å². The number of phenols is 1. The molecule has 37 nitrogen and oxygen atoms in total. The molecule has 120 heavy (non-hydrogen) atoms. The summed E-state index contributed by atoms with van der Waals surface area (Å²) in [6.45, 7) is 8.57. The van der Waals surface area contributed by atoms with Crippen molar-refractivity contribution in [3.05, 3.63) is 120 Å². The van der Waals surface area contributed by atoms with Crippen LogP contribution in [0.3, 0.4) is 0 Å². The molecule has 0 saturated carbocycles. The number of nitrogens with one attached hydrogen (secondary N) is 13. The maximum atomic E-state index is 15.1. The summed E-state index contributed by atoms with van der Waals surface area (Å²) in [5.41, 5.74) is 33.2. The van der Waals surface area contributed by atoms with Crippen molar-refractivity contribution in [2.24, 2.45) is 40.5 Å². The Bertz CT molecular complexity index is 4550. The van der Waals surface area contributed by atoms with Crippen LogP contribution in [0.15, 0.2) is 97.7 Å². The number of unbranched alkanes of at least 4 members (excludes halogenated alkanes) is 2. The van der Waals surface area contributed by atoms with Gasteiger partial charge in [-0.15, -0.1) is 0 Å². The first kappa shape index (κ1) is 93.2. The molecule has 0 radical (unpaired) electrons. The van der Waals surface area contributed by atoms with Crippen molar-refractivity contribution >= 4 is 110 Å². The molecule has 3 aromatic carbocycles. The normalized spacial score (nSPS) is 16.4. The first-order valence-electron chi connectivity index (χ1n) is 41.1. The van der Waals surface area contributed by atoms with Gasteiger partial charge in [-0.3, -0.25) is 71.9 Å². The summed E-state index contributed by atoms with van der Waals surface area (Å²) in [7, 11) is 0. The molecule has 650 valence electrons. The zero-order valence-corrected chi connectivity index (χ0v) is 68.6. The smallest absolute Gasteiger partial charge is 0.245 e. The van der Waals surface area contributed by atoms with Crippen LogP contribution >= 0.6 is 0 Å². The molecule has 24 N–H and O–H groups in total. The van der Waals surface area contributed by atoms with E-state index >= 15 is 4.79 Å². The summed E-state index contributed by atoms with van der Waals surface area (Å²) < 4.78 is 0. The maximum absolute atomic E-state index is 15.1. The Morgan fingerprint density at radius 2 is 0.950 bits per heavy atom. The Balaban J connectivity index is 0.926. The number of fused-ring (bicyclic) bond motifs is 2. The van der Waals surface area contributed by atoms with Crippen LogP contribution < -0.4 is 81.8 Å². The van der Waals surface area contributed by atoms with E-state index in [0.717, 1.165) is 27.4 Å². The van der Waals surface area contributed by atoms with Crippen molar-refractivity contribution < 1.29 is 77.0 Å². The number of nitrogens with two attached hydrogens (primary N) is 5. The van der Waals surface area contributed by atoms with Gasteiger partial charge in [-0.2, -0.15) is 0 Å². The lowest BCUT2D eigenvalue weighted by atomic mass is 9.99. The minimum atomic E-state index is -1.58. The number of carbonyl (C=O) groups excluding carboxylic acids is 15. The van der Waals surface area contributed by atoms with Gasteiger partial charge in [0.1, 0.15) is 72.2 Å². The monoisotopic (exact) mass is 1660 g/mol. The van der Waals surface area contributed by atoms with Gasteiger partial charge in [0, 0.05) is 85.6 Å². The maximum Gasteiger partial charge on any atom is 0.245 e. The summed E-state index contributed by atoms with van der Waals surface area (Å²) in [6.07, 6.45) is 7.64. The van der Waals surface area contributed by atoms with E-state index in [-0.39, 0.29) is 121 Å². The zero-order valence-electron chi connectivity index (χ0n) is 68.6.